The van der Waals surface area contributed by atoms with Gasteiger partial charge in [0.15, 0.2) is 0 Å². The summed E-state index contributed by atoms with van der Waals surface area (Å²) < 4.78 is 0. The molecule has 2 radical (unpaired) electrons. The number of carboxylic acids is 4. The maximum absolute atomic E-state index is 10.3. The SMILES string of the molecule is CC#N.CC#N.O=C(O)c1ccccc1O.O=C(O)c1ccccc1O.O=C(O)c1ccccc1O.O=C(O)c1ccccc1O.[Cu].[Cu]. The van der Waals surface area contributed by atoms with Crippen LogP contribution in [0.4, 0.5) is 0 Å². The number of nitriles is 2. The van der Waals surface area contributed by atoms with E-state index in [1.807, 2.05) is 0 Å². The fourth-order valence-electron chi connectivity index (χ4n) is 2.62. The van der Waals surface area contributed by atoms with Crippen molar-refractivity contribution < 1.29 is 94.2 Å². The van der Waals surface area contributed by atoms with Crippen molar-refractivity contribution in [1.82, 2.24) is 0 Å². The second kappa shape index (κ2) is 28.5. The standard InChI is InChI=1S/4C7H6O3.2C2H3N.2Cu/c4*8-6-4-2-1-3-5(6)7(9)10;2*1-2-3;;/h4*1-4,8H,(H,9,10);2*1H3;;. The van der Waals surface area contributed by atoms with E-state index in [1.165, 1.54) is 62.4 Å². The Balaban J connectivity index is -0.000000251. The van der Waals surface area contributed by atoms with Crippen molar-refractivity contribution in [2.75, 3.05) is 0 Å². The molecule has 4 aromatic carbocycles. The van der Waals surface area contributed by atoms with Crippen molar-refractivity contribution >= 4 is 23.9 Å². The van der Waals surface area contributed by atoms with Gasteiger partial charge in [-0.2, -0.15) is 10.5 Å². The third kappa shape index (κ3) is 20.8. The zero-order chi connectivity index (χ0) is 35.7. The number of aromatic carboxylic acids is 4. The number of rotatable bonds is 4. The molecule has 16 heteroatoms. The van der Waals surface area contributed by atoms with Crippen LogP contribution in [0.5, 0.6) is 23.0 Å². The number of aromatic hydroxyl groups is 4. The fourth-order valence-corrected chi connectivity index (χ4v) is 2.62. The van der Waals surface area contributed by atoms with Gasteiger partial charge in [0.25, 0.3) is 0 Å². The average molecular weight is 762 g/mol. The maximum atomic E-state index is 10.3. The van der Waals surface area contributed by atoms with Crippen molar-refractivity contribution in [1.29, 1.82) is 10.5 Å². The number of hydrogen-bond donors (Lipinski definition) is 8. The third-order valence-corrected chi connectivity index (χ3v) is 4.54. The van der Waals surface area contributed by atoms with E-state index in [9.17, 15) is 19.2 Å². The second-order valence-electron chi connectivity index (χ2n) is 7.74. The molecule has 0 fully saturated rings. The van der Waals surface area contributed by atoms with Crippen LogP contribution < -0.4 is 0 Å². The van der Waals surface area contributed by atoms with E-state index in [0.717, 1.165) is 0 Å². The van der Waals surface area contributed by atoms with E-state index in [4.69, 9.17) is 51.4 Å². The first kappa shape index (κ1) is 48.9. The molecule has 4 rings (SSSR count). The summed E-state index contributed by atoms with van der Waals surface area (Å²) in [5.74, 6) is -5.25. The minimum atomic E-state index is -1.11. The fraction of sp³-hybridized carbons (Fsp3) is 0.0625. The van der Waals surface area contributed by atoms with Gasteiger partial charge in [-0.3, -0.25) is 0 Å². The molecule has 4 aromatic rings. The molecule has 0 bridgehead atoms. The summed E-state index contributed by atoms with van der Waals surface area (Å²) in [6.45, 7) is 2.86. The molecule has 8 N–H and O–H groups in total. The van der Waals surface area contributed by atoms with Crippen LogP contribution in [0.15, 0.2) is 97.1 Å². The number of phenols is 4. The Morgan fingerprint density at radius 3 is 0.625 bits per heavy atom. The molecular formula is C32H30Cu2N2O12. The quantitative estimate of drug-likeness (QED) is 0.121. The summed E-state index contributed by atoms with van der Waals surface area (Å²) in [5, 5.41) is 83.9. The zero-order valence-corrected chi connectivity index (χ0v) is 26.8. The number of nitrogens with zero attached hydrogens (tertiary/aromatic N) is 2. The Bertz CT molecular complexity index is 1440. The average Bonchev–Trinajstić information content (AvgIpc) is 2.99. The van der Waals surface area contributed by atoms with E-state index >= 15 is 0 Å². The monoisotopic (exact) mass is 760 g/mol. The largest absolute Gasteiger partial charge is 0.507 e. The first-order chi connectivity index (χ1) is 21.7. The van der Waals surface area contributed by atoms with Gasteiger partial charge in [0, 0.05) is 48.0 Å². The molecule has 0 aliphatic heterocycles. The molecule has 0 unspecified atom stereocenters. The molecule has 0 aliphatic rings. The topological polar surface area (TPSA) is 278 Å². The molecule has 0 atom stereocenters. The van der Waals surface area contributed by atoms with Crippen LogP contribution in [-0.2, 0) is 34.1 Å². The van der Waals surface area contributed by atoms with Crippen molar-refractivity contribution in [3.63, 3.8) is 0 Å². The Labute approximate surface area is 296 Å². The summed E-state index contributed by atoms with van der Waals surface area (Å²) in [6.07, 6.45) is 0. The molecule has 0 spiro atoms. The molecule has 0 aromatic heterocycles. The normalized spacial score (nSPS) is 8.00. The molecular weight excluding hydrogens is 731 g/mol. The van der Waals surface area contributed by atoms with Gasteiger partial charge in [0.2, 0.25) is 0 Å². The number of carbonyl (C=O) groups is 4. The molecule has 0 saturated carbocycles. The summed E-state index contributed by atoms with van der Waals surface area (Å²) >= 11 is 0. The number of hydrogen-bond acceptors (Lipinski definition) is 10. The van der Waals surface area contributed by atoms with Crippen LogP contribution in [-0.4, -0.2) is 64.7 Å². The molecule has 0 saturated heterocycles. The van der Waals surface area contributed by atoms with Crippen molar-refractivity contribution in [3.05, 3.63) is 119 Å². The maximum Gasteiger partial charge on any atom is 0.339 e. The summed E-state index contributed by atoms with van der Waals surface area (Å²) in [7, 11) is 0. The summed E-state index contributed by atoms with van der Waals surface area (Å²) in [4.78, 5) is 41.0. The van der Waals surface area contributed by atoms with Gasteiger partial charge < -0.3 is 40.9 Å². The Morgan fingerprint density at radius 2 is 0.542 bits per heavy atom. The van der Waals surface area contributed by atoms with E-state index < -0.39 is 23.9 Å². The molecule has 0 heterocycles. The minimum absolute atomic E-state index is 0. The van der Waals surface area contributed by atoms with Crippen LogP contribution in [0.1, 0.15) is 55.3 Å². The predicted molar refractivity (Wildman–Crippen MR) is 163 cm³/mol. The Morgan fingerprint density at radius 1 is 0.417 bits per heavy atom. The number of benzene rings is 4. The number of para-hydroxylation sites is 4. The van der Waals surface area contributed by atoms with E-state index in [2.05, 4.69) is 0 Å². The van der Waals surface area contributed by atoms with Gasteiger partial charge >= 0.3 is 23.9 Å². The molecule has 0 amide bonds. The minimum Gasteiger partial charge on any atom is -0.507 e. The van der Waals surface area contributed by atoms with E-state index in [-0.39, 0.29) is 79.4 Å². The van der Waals surface area contributed by atoms with Gasteiger partial charge in [-0.15, -0.1) is 0 Å². The van der Waals surface area contributed by atoms with Crippen molar-refractivity contribution in [3.8, 4) is 35.1 Å². The van der Waals surface area contributed by atoms with E-state index in [1.54, 1.807) is 60.7 Å². The van der Waals surface area contributed by atoms with Crippen molar-refractivity contribution in [2.24, 2.45) is 0 Å². The van der Waals surface area contributed by atoms with E-state index in [0.29, 0.717) is 0 Å². The van der Waals surface area contributed by atoms with Gasteiger partial charge in [0.1, 0.15) is 45.3 Å². The van der Waals surface area contributed by atoms with Crippen LogP contribution in [0.3, 0.4) is 0 Å². The second-order valence-corrected chi connectivity index (χ2v) is 7.74. The van der Waals surface area contributed by atoms with Crippen LogP contribution >= 0.6 is 0 Å². The van der Waals surface area contributed by atoms with Gasteiger partial charge in [-0.1, -0.05) is 48.5 Å². The smallest absolute Gasteiger partial charge is 0.339 e. The molecule has 262 valence electrons. The van der Waals surface area contributed by atoms with Crippen LogP contribution in [0, 0.1) is 22.7 Å². The summed E-state index contributed by atoms with van der Waals surface area (Å²) in [5.41, 5.74) is -0.269. The first-order valence-electron chi connectivity index (χ1n) is 12.4. The third-order valence-electron chi connectivity index (χ3n) is 4.54. The first-order valence-corrected chi connectivity index (χ1v) is 12.4. The zero-order valence-electron chi connectivity index (χ0n) is 24.9. The predicted octanol–water partition coefficient (Wildman–Crippen LogP) is 5.42. The van der Waals surface area contributed by atoms with Crippen LogP contribution in [0.25, 0.3) is 0 Å². The molecule has 0 aliphatic carbocycles. The van der Waals surface area contributed by atoms with Gasteiger partial charge in [0.05, 0.1) is 12.1 Å². The number of carboxylic acid groups (broad SMARTS) is 4. The molecule has 14 nitrogen and oxygen atoms in total. The van der Waals surface area contributed by atoms with Gasteiger partial charge in [-0.25, -0.2) is 19.2 Å². The Hall–Kier alpha value is -6.02. The van der Waals surface area contributed by atoms with Crippen LogP contribution in [0.2, 0.25) is 0 Å². The van der Waals surface area contributed by atoms with Gasteiger partial charge in [-0.05, 0) is 48.5 Å². The molecule has 48 heavy (non-hydrogen) atoms. The summed E-state index contributed by atoms with van der Waals surface area (Å²) in [6, 6.07) is 26.7. The Kier molecular flexibility index (Phi) is 29.0. The van der Waals surface area contributed by atoms with Crippen molar-refractivity contribution in [2.45, 2.75) is 13.8 Å².